The van der Waals surface area contributed by atoms with Crippen LogP contribution >= 0.6 is 0 Å². The van der Waals surface area contributed by atoms with Crippen LogP contribution in [0.3, 0.4) is 0 Å². The van der Waals surface area contributed by atoms with E-state index in [0.717, 1.165) is 5.92 Å². The van der Waals surface area contributed by atoms with Crippen molar-refractivity contribution in [3.63, 3.8) is 0 Å². The third-order valence-electron chi connectivity index (χ3n) is 2.43. The van der Waals surface area contributed by atoms with Gasteiger partial charge in [-0.25, -0.2) is 0 Å². The van der Waals surface area contributed by atoms with E-state index >= 15 is 0 Å². The summed E-state index contributed by atoms with van der Waals surface area (Å²) < 4.78 is 0. The van der Waals surface area contributed by atoms with Gasteiger partial charge in [0.05, 0.1) is 0 Å². The molecule has 0 aromatic rings. The molecular formula is C13H24. The zero-order chi connectivity index (χ0) is 9.94. The summed E-state index contributed by atoms with van der Waals surface area (Å²) >= 11 is 0. The van der Waals surface area contributed by atoms with Crippen LogP contribution in [-0.4, -0.2) is 0 Å². The predicted octanol–water partition coefficient (Wildman–Crippen LogP) is 4.73. The lowest BCUT2D eigenvalue weighted by molar-refractivity contribution is 0.361. The molecule has 0 aromatic carbocycles. The fraction of sp³-hybridized carbons (Fsp3) is 0.692. The van der Waals surface area contributed by atoms with Gasteiger partial charge < -0.3 is 0 Å². The summed E-state index contributed by atoms with van der Waals surface area (Å²) in [5.41, 5.74) is 0. The topological polar surface area (TPSA) is 0 Å². The third-order valence-corrected chi connectivity index (χ3v) is 2.43. The molecule has 0 saturated heterocycles. The molecule has 0 heteroatoms. The van der Waals surface area contributed by atoms with E-state index in [2.05, 4.69) is 25.7 Å². The van der Waals surface area contributed by atoms with Gasteiger partial charge in [-0.1, -0.05) is 50.3 Å². The zero-order valence-corrected chi connectivity index (χ0v) is 9.26. The first kappa shape index (κ1) is 12.5. The van der Waals surface area contributed by atoms with Gasteiger partial charge in [0.25, 0.3) is 0 Å². The molecule has 1 aliphatic rings. The monoisotopic (exact) mass is 180 g/mol. The lowest BCUT2D eigenvalue weighted by Gasteiger charge is -2.19. The highest BCUT2D eigenvalue weighted by molar-refractivity contribution is 4.81. The summed E-state index contributed by atoms with van der Waals surface area (Å²) in [5.74, 6) is 1.02. The zero-order valence-electron chi connectivity index (χ0n) is 9.26. The molecule has 0 aliphatic heterocycles. The Morgan fingerprint density at radius 2 is 1.69 bits per heavy atom. The molecule has 1 saturated carbocycles. The summed E-state index contributed by atoms with van der Waals surface area (Å²) in [5, 5.41) is 0. The summed E-state index contributed by atoms with van der Waals surface area (Å²) in [6.07, 6.45) is 15.0. The molecule has 0 radical (unpaired) electrons. The Morgan fingerprint density at radius 1 is 1.15 bits per heavy atom. The SMILES string of the molecule is C/C=C\CC1CCCCC1.C=CC. The van der Waals surface area contributed by atoms with Gasteiger partial charge in [-0.2, -0.15) is 0 Å². The number of allylic oxidation sites excluding steroid dienone is 3. The van der Waals surface area contributed by atoms with E-state index in [1.807, 2.05) is 6.92 Å². The third kappa shape index (κ3) is 7.83. The van der Waals surface area contributed by atoms with E-state index in [1.165, 1.54) is 38.5 Å². The van der Waals surface area contributed by atoms with Gasteiger partial charge in [0.1, 0.15) is 0 Å². The van der Waals surface area contributed by atoms with Crippen LogP contribution in [0.5, 0.6) is 0 Å². The molecule has 76 valence electrons. The minimum absolute atomic E-state index is 1.02. The Morgan fingerprint density at radius 3 is 2.15 bits per heavy atom. The van der Waals surface area contributed by atoms with Gasteiger partial charge in [0.15, 0.2) is 0 Å². The highest BCUT2D eigenvalue weighted by atomic mass is 14.2. The van der Waals surface area contributed by atoms with E-state index < -0.39 is 0 Å². The van der Waals surface area contributed by atoms with Crippen LogP contribution < -0.4 is 0 Å². The van der Waals surface area contributed by atoms with Gasteiger partial charge in [0.2, 0.25) is 0 Å². The van der Waals surface area contributed by atoms with E-state index in [4.69, 9.17) is 0 Å². The maximum atomic E-state index is 3.36. The van der Waals surface area contributed by atoms with Crippen molar-refractivity contribution in [1.82, 2.24) is 0 Å². The van der Waals surface area contributed by atoms with Crippen molar-refractivity contribution in [2.75, 3.05) is 0 Å². The van der Waals surface area contributed by atoms with Crippen molar-refractivity contribution in [2.45, 2.75) is 52.4 Å². The van der Waals surface area contributed by atoms with E-state index in [-0.39, 0.29) is 0 Å². The first-order valence-corrected chi connectivity index (χ1v) is 5.53. The summed E-state index contributed by atoms with van der Waals surface area (Å²) in [6, 6.07) is 0. The van der Waals surface area contributed by atoms with Crippen LogP contribution in [0.25, 0.3) is 0 Å². The second kappa shape index (κ2) is 9.57. The van der Waals surface area contributed by atoms with Crippen LogP contribution in [-0.2, 0) is 0 Å². The smallest absolute Gasteiger partial charge is 0.0322 e. The van der Waals surface area contributed by atoms with Crippen molar-refractivity contribution in [3.8, 4) is 0 Å². The molecule has 1 rings (SSSR count). The molecule has 0 amide bonds. The summed E-state index contributed by atoms with van der Waals surface area (Å²) in [7, 11) is 0. The van der Waals surface area contributed by atoms with Crippen LogP contribution in [0.1, 0.15) is 52.4 Å². The van der Waals surface area contributed by atoms with Gasteiger partial charge in [-0.3, -0.25) is 0 Å². The average molecular weight is 180 g/mol. The maximum Gasteiger partial charge on any atom is -0.0322 e. The molecule has 1 fully saturated rings. The highest BCUT2D eigenvalue weighted by Crippen LogP contribution is 2.26. The molecule has 0 bridgehead atoms. The van der Waals surface area contributed by atoms with E-state index in [0.29, 0.717) is 0 Å². The standard InChI is InChI=1S/C10H18.C3H6/c1-2-3-7-10-8-5-4-6-9-10;1-3-2/h2-3,10H,4-9H2,1H3;3H,1H2,2H3/b3-2-;. The Bertz CT molecular complexity index is 127. The molecular weight excluding hydrogens is 156 g/mol. The minimum atomic E-state index is 1.02. The fourth-order valence-corrected chi connectivity index (χ4v) is 1.75. The van der Waals surface area contributed by atoms with Crippen molar-refractivity contribution >= 4 is 0 Å². The first-order chi connectivity index (χ1) is 6.35. The number of rotatable bonds is 2. The second-order valence-electron chi connectivity index (χ2n) is 3.72. The van der Waals surface area contributed by atoms with Gasteiger partial charge >= 0.3 is 0 Å². The molecule has 1 aliphatic carbocycles. The summed E-state index contributed by atoms with van der Waals surface area (Å²) in [4.78, 5) is 0. The normalized spacial score (nSPS) is 18.0. The van der Waals surface area contributed by atoms with Gasteiger partial charge in [-0.15, -0.1) is 6.58 Å². The molecule has 13 heavy (non-hydrogen) atoms. The minimum Gasteiger partial charge on any atom is -0.103 e. The predicted molar refractivity (Wildman–Crippen MR) is 61.9 cm³/mol. The van der Waals surface area contributed by atoms with Crippen molar-refractivity contribution < 1.29 is 0 Å². The van der Waals surface area contributed by atoms with Gasteiger partial charge in [0, 0.05) is 0 Å². The van der Waals surface area contributed by atoms with Crippen LogP contribution in [0.2, 0.25) is 0 Å². The number of hydrogen-bond acceptors (Lipinski definition) is 0. The molecule has 0 atom stereocenters. The maximum absolute atomic E-state index is 3.36. The number of hydrogen-bond donors (Lipinski definition) is 0. The molecule has 0 heterocycles. The Labute approximate surface area is 83.7 Å². The van der Waals surface area contributed by atoms with Crippen molar-refractivity contribution in [3.05, 3.63) is 24.8 Å². The van der Waals surface area contributed by atoms with E-state index in [1.54, 1.807) is 6.08 Å². The second-order valence-corrected chi connectivity index (χ2v) is 3.72. The summed E-state index contributed by atoms with van der Waals surface area (Å²) in [6.45, 7) is 7.36. The molecule has 0 N–H and O–H groups in total. The van der Waals surface area contributed by atoms with Crippen molar-refractivity contribution in [1.29, 1.82) is 0 Å². The molecule has 0 nitrogen and oxygen atoms in total. The molecule has 0 spiro atoms. The fourth-order valence-electron chi connectivity index (χ4n) is 1.75. The van der Waals surface area contributed by atoms with Crippen LogP contribution in [0, 0.1) is 5.92 Å². The quantitative estimate of drug-likeness (QED) is 0.539. The Hall–Kier alpha value is -0.520. The highest BCUT2D eigenvalue weighted by Gasteiger charge is 2.10. The van der Waals surface area contributed by atoms with Crippen molar-refractivity contribution in [2.24, 2.45) is 5.92 Å². The molecule has 0 unspecified atom stereocenters. The van der Waals surface area contributed by atoms with Gasteiger partial charge in [-0.05, 0) is 26.2 Å². The average Bonchev–Trinajstić information content (AvgIpc) is 2.18. The van der Waals surface area contributed by atoms with E-state index in [9.17, 15) is 0 Å². The lowest BCUT2D eigenvalue weighted by atomic mass is 9.87. The first-order valence-electron chi connectivity index (χ1n) is 5.53. The van der Waals surface area contributed by atoms with Crippen LogP contribution in [0.4, 0.5) is 0 Å². The molecule has 0 aromatic heterocycles. The lowest BCUT2D eigenvalue weighted by Crippen LogP contribution is -2.04. The Balaban J connectivity index is 0.000000424. The van der Waals surface area contributed by atoms with Crippen LogP contribution in [0.15, 0.2) is 24.8 Å². The Kier molecular flexibility index (Phi) is 9.18. The largest absolute Gasteiger partial charge is 0.103 e.